The number of phenols is 1. The molecule has 0 bridgehead atoms. The van der Waals surface area contributed by atoms with Crippen LogP contribution in [0.1, 0.15) is 5.56 Å². The quantitative estimate of drug-likeness (QED) is 0.607. The minimum absolute atomic E-state index is 0.0955. The van der Waals surface area contributed by atoms with Crippen molar-refractivity contribution in [2.45, 2.75) is 38.6 Å². The summed E-state index contributed by atoms with van der Waals surface area (Å²) in [5, 5.41) is 13.9. The molecule has 8 heteroatoms. The summed E-state index contributed by atoms with van der Waals surface area (Å²) in [5.74, 6) is -0.220. The van der Waals surface area contributed by atoms with Crippen LogP contribution in [-0.4, -0.2) is 29.6 Å². The van der Waals surface area contributed by atoms with Gasteiger partial charge in [-0.2, -0.15) is 18.3 Å². The zero-order valence-electron chi connectivity index (χ0n) is 13.9. The Kier molecular flexibility index (Phi) is 5.39. The molecule has 132 valence electrons. The predicted octanol–water partition coefficient (Wildman–Crippen LogP) is 4.59. The van der Waals surface area contributed by atoms with E-state index in [4.69, 9.17) is 4.74 Å². The van der Waals surface area contributed by atoms with E-state index < -0.39 is 19.8 Å². The second kappa shape index (κ2) is 6.98. The lowest BCUT2D eigenvalue weighted by Gasteiger charge is -2.15. The fourth-order valence-electron chi connectivity index (χ4n) is 2.05. The van der Waals surface area contributed by atoms with Crippen LogP contribution in [0.5, 0.6) is 5.75 Å². The van der Waals surface area contributed by atoms with Crippen LogP contribution in [0, 0.1) is 0 Å². The summed E-state index contributed by atoms with van der Waals surface area (Å²) < 4.78 is 45.5. The molecule has 1 aromatic heterocycles. The third-order valence-corrected chi connectivity index (χ3v) is 5.19. The smallest absolute Gasteiger partial charge is 0.416 e. The molecule has 4 nitrogen and oxygen atoms in total. The first-order valence-corrected chi connectivity index (χ1v) is 11.3. The molecule has 2 aromatic rings. The highest BCUT2D eigenvalue weighted by Crippen LogP contribution is 2.36. The lowest BCUT2D eigenvalue weighted by molar-refractivity contribution is -0.137. The Morgan fingerprint density at radius 2 is 1.96 bits per heavy atom. The number of phenolic OH excluding ortho intramolecular Hbond substituents is 1. The highest BCUT2D eigenvalue weighted by atomic mass is 28.3. The normalized spacial score (nSPS) is 12.6. The van der Waals surface area contributed by atoms with Gasteiger partial charge in [-0.3, -0.25) is 0 Å². The van der Waals surface area contributed by atoms with Gasteiger partial charge in [0.15, 0.2) is 0 Å². The van der Waals surface area contributed by atoms with E-state index in [0.29, 0.717) is 12.2 Å². The number of ether oxygens (including phenoxy) is 1. The molecule has 0 saturated carbocycles. The molecule has 1 heterocycles. The third-order valence-electron chi connectivity index (χ3n) is 3.49. The molecule has 24 heavy (non-hydrogen) atoms. The summed E-state index contributed by atoms with van der Waals surface area (Å²) >= 11 is 0. The topological polar surface area (TPSA) is 47.3 Å². The van der Waals surface area contributed by atoms with Gasteiger partial charge in [0.1, 0.15) is 12.5 Å². The average Bonchev–Trinajstić information content (AvgIpc) is 2.90. The molecule has 0 amide bonds. The standard InChI is InChI=1S/C16H21F3N2O2Si/c1-24(2,3)7-6-23-11-21-10-12(9-20-21)14-8-13(16(17,18)19)4-5-15(14)22/h4-5,8-10,22H,6-7,11H2,1-3H3. The molecule has 1 aromatic carbocycles. The van der Waals surface area contributed by atoms with Crippen LogP contribution >= 0.6 is 0 Å². The van der Waals surface area contributed by atoms with E-state index in [9.17, 15) is 18.3 Å². The van der Waals surface area contributed by atoms with Crippen LogP contribution in [0.2, 0.25) is 25.7 Å². The number of aromatic hydroxyl groups is 1. The highest BCUT2D eigenvalue weighted by molar-refractivity contribution is 6.76. The van der Waals surface area contributed by atoms with Gasteiger partial charge in [-0.05, 0) is 24.2 Å². The summed E-state index contributed by atoms with van der Waals surface area (Å²) in [5.41, 5.74) is -0.306. The Labute approximate surface area is 139 Å². The number of rotatable bonds is 6. The first-order chi connectivity index (χ1) is 11.1. The van der Waals surface area contributed by atoms with Crippen LogP contribution in [0.4, 0.5) is 13.2 Å². The van der Waals surface area contributed by atoms with Crippen molar-refractivity contribution in [1.29, 1.82) is 0 Å². The number of halogens is 3. The van der Waals surface area contributed by atoms with Gasteiger partial charge < -0.3 is 9.84 Å². The van der Waals surface area contributed by atoms with Crippen molar-refractivity contribution in [3.63, 3.8) is 0 Å². The van der Waals surface area contributed by atoms with Gasteiger partial charge in [-0.15, -0.1) is 0 Å². The molecule has 0 atom stereocenters. The number of hydrogen-bond acceptors (Lipinski definition) is 3. The van der Waals surface area contributed by atoms with E-state index in [1.165, 1.54) is 10.9 Å². The SMILES string of the molecule is C[Si](C)(C)CCOCn1cc(-c2cc(C(F)(F)F)ccc2O)cn1. The van der Waals surface area contributed by atoms with Crippen LogP contribution in [0.3, 0.4) is 0 Å². The number of nitrogens with zero attached hydrogens (tertiary/aromatic N) is 2. The van der Waals surface area contributed by atoms with Crippen LogP contribution < -0.4 is 0 Å². The Balaban J connectivity index is 2.08. The maximum Gasteiger partial charge on any atom is 0.416 e. The molecular weight excluding hydrogens is 337 g/mol. The largest absolute Gasteiger partial charge is 0.507 e. The third kappa shape index (κ3) is 5.10. The molecule has 0 aliphatic heterocycles. The maximum atomic E-state index is 12.8. The summed E-state index contributed by atoms with van der Waals surface area (Å²) in [6.45, 7) is 7.60. The van der Waals surface area contributed by atoms with E-state index in [-0.39, 0.29) is 18.0 Å². The van der Waals surface area contributed by atoms with E-state index in [1.807, 2.05) is 0 Å². The second-order valence-electron chi connectivity index (χ2n) is 6.85. The maximum absolute atomic E-state index is 12.8. The molecule has 1 N–H and O–H groups in total. The minimum atomic E-state index is -4.46. The van der Waals surface area contributed by atoms with Crippen LogP contribution in [0.25, 0.3) is 11.1 Å². The van der Waals surface area contributed by atoms with Gasteiger partial charge in [-0.25, -0.2) is 4.68 Å². The molecule has 0 aliphatic rings. The molecule has 0 aliphatic carbocycles. The van der Waals surface area contributed by atoms with Gasteiger partial charge >= 0.3 is 6.18 Å². The lowest BCUT2D eigenvalue weighted by Crippen LogP contribution is -2.22. The Bertz CT molecular complexity index is 693. The van der Waals surface area contributed by atoms with Gasteiger partial charge in [0.2, 0.25) is 0 Å². The lowest BCUT2D eigenvalue weighted by atomic mass is 10.0. The molecule has 2 rings (SSSR count). The van der Waals surface area contributed by atoms with Gasteiger partial charge in [0, 0.05) is 32.0 Å². The van der Waals surface area contributed by atoms with Crippen molar-refractivity contribution < 1.29 is 23.0 Å². The number of aromatic nitrogens is 2. The van der Waals surface area contributed by atoms with Crippen molar-refractivity contribution in [3.05, 3.63) is 36.2 Å². The van der Waals surface area contributed by atoms with Gasteiger partial charge in [0.25, 0.3) is 0 Å². The fraction of sp³-hybridized carbons (Fsp3) is 0.438. The van der Waals surface area contributed by atoms with Crippen molar-refractivity contribution in [2.24, 2.45) is 0 Å². The zero-order chi connectivity index (χ0) is 18.0. The second-order valence-corrected chi connectivity index (χ2v) is 12.5. The van der Waals surface area contributed by atoms with Crippen molar-refractivity contribution >= 4 is 8.07 Å². The number of alkyl halides is 3. The van der Waals surface area contributed by atoms with Gasteiger partial charge in [-0.1, -0.05) is 19.6 Å². The van der Waals surface area contributed by atoms with Crippen molar-refractivity contribution in [3.8, 4) is 16.9 Å². The Morgan fingerprint density at radius 1 is 1.25 bits per heavy atom. The first kappa shape index (κ1) is 18.5. The number of benzene rings is 1. The predicted molar refractivity (Wildman–Crippen MR) is 88.4 cm³/mol. The minimum Gasteiger partial charge on any atom is -0.507 e. The molecule has 0 unspecified atom stereocenters. The van der Waals surface area contributed by atoms with Crippen LogP contribution in [0.15, 0.2) is 30.6 Å². The highest BCUT2D eigenvalue weighted by Gasteiger charge is 2.31. The monoisotopic (exact) mass is 358 g/mol. The van der Waals surface area contributed by atoms with E-state index in [0.717, 1.165) is 24.2 Å². The van der Waals surface area contributed by atoms with Crippen molar-refractivity contribution in [2.75, 3.05) is 6.61 Å². The van der Waals surface area contributed by atoms with Gasteiger partial charge in [0.05, 0.1) is 11.8 Å². The summed E-state index contributed by atoms with van der Waals surface area (Å²) in [7, 11) is -1.17. The Morgan fingerprint density at radius 3 is 2.58 bits per heavy atom. The van der Waals surface area contributed by atoms with E-state index >= 15 is 0 Å². The molecule has 0 radical (unpaired) electrons. The number of hydrogen-bond donors (Lipinski definition) is 1. The van der Waals surface area contributed by atoms with E-state index in [1.54, 1.807) is 6.20 Å². The fourth-order valence-corrected chi connectivity index (χ4v) is 2.81. The first-order valence-electron chi connectivity index (χ1n) is 7.57. The molecule has 0 fully saturated rings. The zero-order valence-corrected chi connectivity index (χ0v) is 14.9. The Hall–Kier alpha value is -1.80. The summed E-state index contributed by atoms with van der Waals surface area (Å²) in [6, 6.07) is 3.83. The summed E-state index contributed by atoms with van der Waals surface area (Å²) in [6.07, 6.45) is -1.49. The molecule has 0 saturated heterocycles. The van der Waals surface area contributed by atoms with Crippen LogP contribution in [-0.2, 0) is 17.6 Å². The average molecular weight is 358 g/mol. The van der Waals surface area contributed by atoms with E-state index in [2.05, 4.69) is 24.7 Å². The van der Waals surface area contributed by atoms with Crippen molar-refractivity contribution in [1.82, 2.24) is 9.78 Å². The summed E-state index contributed by atoms with van der Waals surface area (Å²) in [4.78, 5) is 0. The molecule has 0 spiro atoms. The molecular formula is C16H21F3N2O2Si.